The van der Waals surface area contributed by atoms with Crippen molar-refractivity contribution >= 4 is 39.2 Å². The van der Waals surface area contributed by atoms with E-state index in [0.29, 0.717) is 12.1 Å². The lowest BCUT2D eigenvalue weighted by molar-refractivity contribution is -0.113. The van der Waals surface area contributed by atoms with E-state index in [1.807, 2.05) is 0 Å². The highest BCUT2D eigenvalue weighted by molar-refractivity contribution is 8.02. The number of amides is 1. The monoisotopic (exact) mass is 330 g/mol. The molecule has 9 heteroatoms. The predicted octanol–water partition coefficient (Wildman–Crippen LogP) is 0.639. The summed E-state index contributed by atoms with van der Waals surface area (Å²) in [6, 6.07) is 2.76. The number of carbonyl (C=O) groups is 2. The molecule has 1 aromatic rings. The number of nitrogens with one attached hydrogen (secondary N) is 1. The lowest BCUT2D eigenvalue weighted by atomic mass is 10.3. The van der Waals surface area contributed by atoms with Crippen molar-refractivity contribution in [3.63, 3.8) is 0 Å². The van der Waals surface area contributed by atoms with Gasteiger partial charge in [0.2, 0.25) is 5.91 Å². The van der Waals surface area contributed by atoms with E-state index in [2.05, 4.69) is 10.3 Å². The Hall–Kier alpha value is -1.61. The van der Waals surface area contributed by atoms with Crippen LogP contribution in [0.5, 0.6) is 0 Å². The Bertz CT molecular complexity index is 659. The van der Waals surface area contributed by atoms with E-state index in [1.165, 1.54) is 30.1 Å². The van der Waals surface area contributed by atoms with Crippen LogP contribution in [0.15, 0.2) is 18.3 Å². The molecule has 0 aliphatic carbocycles. The fraction of sp³-hybridized carbons (Fsp3) is 0.417. The second-order valence-electron chi connectivity index (χ2n) is 4.62. The van der Waals surface area contributed by atoms with Crippen LogP contribution in [0.4, 0.5) is 5.69 Å². The molecule has 0 aromatic carbocycles. The summed E-state index contributed by atoms with van der Waals surface area (Å²) in [7, 11) is -2.94. The Morgan fingerprint density at radius 3 is 2.86 bits per heavy atom. The van der Waals surface area contributed by atoms with Crippen LogP contribution >= 0.6 is 11.8 Å². The second-order valence-corrected chi connectivity index (χ2v) is 8.14. The number of carboxylic acid groups (broad SMARTS) is 1. The van der Waals surface area contributed by atoms with Gasteiger partial charge in [0.25, 0.3) is 0 Å². The van der Waals surface area contributed by atoms with Crippen LogP contribution in [-0.2, 0) is 14.6 Å². The minimum absolute atomic E-state index is 0.0484. The third-order valence-electron chi connectivity index (χ3n) is 2.90. The van der Waals surface area contributed by atoms with E-state index >= 15 is 0 Å². The van der Waals surface area contributed by atoms with Gasteiger partial charge in [-0.3, -0.25) is 4.79 Å². The molecule has 0 spiro atoms. The van der Waals surface area contributed by atoms with Gasteiger partial charge < -0.3 is 10.4 Å². The summed E-state index contributed by atoms with van der Waals surface area (Å²) < 4.78 is 22.6. The number of hydrogen-bond donors (Lipinski definition) is 2. The normalized spacial score (nSPS) is 20.1. The zero-order valence-corrected chi connectivity index (χ0v) is 12.6. The molecule has 2 N–H and O–H groups in total. The number of carboxylic acids is 1. The molecule has 2 heterocycles. The van der Waals surface area contributed by atoms with E-state index in [1.54, 1.807) is 0 Å². The van der Waals surface area contributed by atoms with Crippen LogP contribution in [0.25, 0.3) is 0 Å². The molecule has 1 fully saturated rings. The Morgan fingerprint density at radius 1 is 1.48 bits per heavy atom. The van der Waals surface area contributed by atoms with Crippen molar-refractivity contribution in [3.8, 4) is 0 Å². The summed E-state index contributed by atoms with van der Waals surface area (Å²) in [5.41, 5.74) is 0.203. The van der Waals surface area contributed by atoms with Gasteiger partial charge in [-0.15, -0.1) is 11.8 Å². The maximum atomic E-state index is 11.8. The number of anilines is 1. The van der Waals surface area contributed by atoms with Gasteiger partial charge in [-0.1, -0.05) is 0 Å². The van der Waals surface area contributed by atoms with Gasteiger partial charge in [0.05, 0.1) is 17.3 Å². The van der Waals surface area contributed by atoms with Crippen molar-refractivity contribution in [1.29, 1.82) is 0 Å². The van der Waals surface area contributed by atoms with Crippen LogP contribution < -0.4 is 5.32 Å². The van der Waals surface area contributed by atoms with Gasteiger partial charge >= 0.3 is 5.97 Å². The first-order chi connectivity index (χ1) is 9.85. The molecule has 0 radical (unpaired) electrons. The third kappa shape index (κ3) is 4.71. The number of carbonyl (C=O) groups excluding carboxylic acids is 1. The molecule has 1 unspecified atom stereocenters. The molecule has 1 atom stereocenters. The maximum Gasteiger partial charge on any atom is 0.354 e. The number of aromatic nitrogens is 1. The van der Waals surface area contributed by atoms with Crippen molar-refractivity contribution < 1.29 is 23.1 Å². The topological polar surface area (TPSA) is 113 Å². The molecule has 1 saturated heterocycles. The second kappa shape index (κ2) is 6.44. The van der Waals surface area contributed by atoms with E-state index in [9.17, 15) is 18.0 Å². The highest BCUT2D eigenvalue weighted by Gasteiger charge is 2.28. The molecular weight excluding hydrogens is 316 g/mol. The number of rotatable bonds is 5. The quantitative estimate of drug-likeness (QED) is 0.814. The summed E-state index contributed by atoms with van der Waals surface area (Å²) >= 11 is 1.30. The van der Waals surface area contributed by atoms with Gasteiger partial charge in [0.1, 0.15) is 5.69 Å². The number of hydrogen-bond acceptors (Lipinski definition) is 6. The first kappa shape index (κ1) is 15.8. The van der Waals surface area contributed by atoms with Crippen LogP contribution in [0.1, 0.15) is 16.9 Å². The lowest BCUT2D eigenvalue weighted by Gasteiger charge is -2.08. The molecule has 1 aromatic heterocycles. The number of aromatic carboxylic acids is 1. The smallest absolute Gasteiger partial charge is 0.354 e. The summed E-state index contributed by atoms with van der Waals surface area (Å²) in [6.07, 6.45) is 1.87. The van der Waals surface area contributed by atoms with Gasteiger partial charge in [0.15, 0.2) is 9.84 Å². The predicted molar refractivity (Wildman–Crippen MR) is 79.3 cm³/mol. The fourth-order valence-electron chi connectivity index (χ4n) is 1.91. The van der Waals surface area contributed by atoms with Crippen LogP contribution in [0, 0.1) is 0 Å². The van der Waals surface area contributed by atoms with Crippen molar-refractivity contribution in [3.05, 3.63) is 24.0 Å². The summed E-state index contributed by atoms with van der Waals surface area (Å²) in [6.45, 7) is 0. The largest absolute Gasteiger partial charge is 0.477 e. The van der Waals surface area contributed by atoms with Crippen LogP contribution in [0.3, 0.4) is 0 Å². The third-order valence-corrected chi connectivity index (χ3v) is 6.19. The van der Waals surface area contributed by atoms with Crippen LogP contribution in [-0.4, -0.2) is 52.9 Å². The minimum atomic E-state index is -2.94. The molecule has 7 nitrogen and oxygen atoms in total. The van der Waals surface area contributed by atoms with Crippen molar-refractivity contribution in [2.75, 3.05) is 22.6 Å². The van der Waals surface area contributed by atoms with Crippen molar-refractivity contribution in [2.24, 2.45) is 0 Å². The minimum Gasteiger partial charge on any atom is -0.477 e. The summed E-state index contributed by atoms with van der Waals surface area (Å²) in [4.78, 5) is 26.2. The number of sulfone groups is 1. The molecule has 21 heavy (non-hydrogen) atoms. The lowest BCUT2D eigenvalue weighted by Crippen LogP contribution is -2.17. The first-order valence-corrected chi connectivity index (χ1v) is 9.04. The molecule has 0 saturated carbocycles. The Balaban J connectivity index is 1.85. The maximum absolute atomic E-state index is 11.8. The van der Waals surface area contributed by atoms with E-state index in [0.717, 1.165) is 0 Å². The average molecular weight is 330 g/mol. The zero-order chi connectivity index (χ0) is 15.5. The molecule has 0 bridgehead atoms. The van der Waals surface area contributed by atoms with Gasteiger partial charge in [-0.25, -0.2) is 18.2 Å². The first-order valence-electron chi connectivity index (χ1n) is 6.17. The Kier molecular flexibility index (Phi) is 4.84. The van der Waals surface area contributed by atoms with Gasteiger partial charge in [-0.05, 0) is 18.6 Å². The zero-order valence-electron chi connectivity index (χ0n) is 11.0. The van der Waals surface area contributed by atoms with E-state index < -0.39 is 15.8 Å². The molecule has 1 aliphatic heterocycles. The number of thioether (sulfide) groups is 1. The summed E-state index contributed by atoms with van der Waals surface area (Å²) in [5, 5.41) is 11.3. The SMILES string of the molecule is O=C(CSC1CCS(=O)(=O)C1)Nc1ccnc(C(=O)O)c1. The summed E-state index contributed by atoms with van der Waals surface area (Å²) in [5.74, 6) is -1.05. The van der Waals surface area contributed by atoms with Gasteiger partial charge in [0, 0.05) is 17.1 Å². The molecule has 1 aliphatic rings. The van der Waals surface area contributed by atoms with Crippen molar-refractivity contribution in [2.45, 2.75) is 11.7 Å². The number of nitrogens with zero attached hydrogens (tertiary/aromatic N) is 1. The highest BCUT2D eigenvalue weighted by atomic mass is 32.2. The Morgan fingerprint density at radius 2 is 2.24 bits per heavy atom. The van der Waals surface area contributed by atoms with E-state index in [4.69, 9.17) is 5.11 Å². The van der Waals surface area contributed by atoms with Crippen molar-refractivity contribution in [1.82, 2.24) is 4.98 Å². The highest BCUT2D eigenvalue weighted by Crippen LogP contribution is 2.24. The molecular formula is C12H14N2O5S2. The number of pyridine rings is 1. The molecule has 114 valence electrons. The van der Waals surface area contributed by atoms with Crippen LogP contribution in [0.2, 0.25) is 0 Å². The Labute approximate surface area is 126 Å². The molecule has 1 amide bonds. The standard InChI is InChI=1S/C12H14N2O5S2/c15-11(6-20-9-2-4-21(18,19)7-9)14-8-1-3-13-10(5-8)12(16)17/h1,3,5,9H,2,4,6-7H2,(H,16,17)(H,13,14,15). The van der Waals surface area contributed by atoms with E-state index in [-0.39, 0.29) is 34.1 Å². The molecule has 2 rings (SSSR count). The fourth-order valence-corrected chi connectivity index (χ4v) is 5.35. The average Bonchev–Trinajstić information content (AvgIpc) is 2.76. The van der Waals surface area contributed by atoms with Gasteiger partial charge in [-0.2, -0.15) is 0 Å².